The van der Waals surface area contributed by atoms with Gasteiger partial charge in [0.15, 0.2) is 0 Å². The van der Waals surface area contributed by atoms with Gasteiger partial charge in [-0.3, -0.25) is 9.59 Å². The molecule has 0 aliphatic rings. The molecule has 11 heteroatoms. The molecular weight excluding hydrogens is 528 g/mol. The third-order valence-electron chi connectivity index (χ3n) is 6.47. The number of aryl methyl sites for hydroxylation is 1. The standard InChI is InChI=1S/C28H39F6NO4/c1-26(2,3)23(36)17-16-22(25(38)39)35-24(37)13-11-9-7-5-4-6-8-10-12-19-14-15-20(27(29,30)31)18-21(19)28(32,33)34/h14-15,18,22H,4-13,16-17H2,1-3H3,(H,35,37)(H,38,39)/t22-/m0/s1. The van der Waals surface area contributed by atoms with Crippen molar-refractivity contribution in [2.24, 2.45) is 5.41 Å². The SMILES string of the molecule is CC(C)(C)C(=O)CC[C@H](NC(=O)CCCCCCCCCCc1ccc(C(F)(F)F)cc1C(F)(F)F)C(=O)O. The first kappa shape index (κ1) is 34.4. The van der Waals surface area contributed by atoms with Gasteiger partial charge in [0.1, 0.15) is 11.8 Å². The summed E-state index contributed by atoms with van der Waals surface area (Å²) in [4.78, 5) is 35.5. The zero-order valence-electron chi connectivity index (χ0n) is 22.7. The van der Waals surface area contributed by atoms with Crippen LogP contribution in [0.25, 0.3) is 0 Å². The Morgan fingerprint density at radius 3 is 1.82 bits per heavy atom. The third-order valence-corrected chi connectivity index (χ3v) is 6.47. The lowest BCUT2D eigenvalue weighted by atomic mass is 9.87. The molecule has 1 aromatic carbocycles. The van der Waals surface area contributed by atoms with E-state index in [4.69, 9.17) is 0 Å². The lowest BCUT2D eigenvalue weighted by Crippen LogP contribution is -2.41. The number of halogens is 6. The molecule has 1 aromatic rings. The number of nitrogens with one attached hydrogen (secondary N) is 1. The number of carboxylic acid groups (broad SMARTS) is 1. The number of unbranched alkanes of at least 4 members (excludes halogenated alkanes) is 7. The molecule has 39 heavy (non-hydrogen) atoms. The van der Waals surface area contributed by atoms with Crippen LogP contribution in [0.15, 0.2) is 18.2 Å². The maximum Gasteiger partial charge on any atom is 0.416 e. The van der Waals surface area contributed by atoms with Crippen LogP contribution in [0.2, 0.25) is 0 Å². The molecule has 0 saturated heterocycles. The van der Waals surface area contributed by atoms with E-state index in [1.54, 1.807) is 20.8 Å². The average molecular weight is 568 g/mol. The fraction of sp³-hybridized carbons (Fsp3) is 0.679. The monoisotopic (exact) mass is 567 g/mol. The molecule has 0 aromatic heterocycles. The Balaban J connectivity index is 2.26. The zero-order chi connectivity index (χ0) is 29.9. The first-order valence-electron chi connectivity index (χ1n) is 13.3. The van der Waals surface area contributed by atoms with Crippen LogP contribution in [0.4, 0.5) is 26.3 Å². The summed E-state index contributed by atoms with van der Waals surface area (Å²) in [6, 6.07) is 0.650. The predicted molar refractivity (Wildman–Crippen MR) is 135 cm³/mol. The molecule has 0 fully saturated rings. The smallest absolute Gasteiger partial charge is 0.416 e. The van der Waals surface area contributed by atoms with Gasteiger partial charge < -0.3 is 10.4 Å². The molecule has 0 spiro atoms. The lowest BCUT2D eigenvalue weighted by molar-refractivity contribution is -0.144. The summed E-state index contributed by atoms with van der Waals surface area (Å²) in [5.74, 6) is -1.64. The summed E-state index contributed by atoms with van der Waals surface area (Å²) in [5, 5.41) is 11.8. The largest absolute Gasteiger partial charge is 0.480 e. The highest BCUT2D eigenvalue weighted by atomic mass is 19.4. The molecule has 0 heterocycles. The van der Waals surface area contributed by atoms with Crippen LogP contribution in [0.1, 0.15) is 108 Å². The second-order valence-corrected chi connectivity index (χ2v) is 10.9. The molecule has 5 nitrogen and oxygen atoms in total. The van der Waals surface area contributed by atoms with Gasteiger partial charge in [-0.1, -0.05) is 65.4 Å². The van der Waals surface area contributed by atoms with Crippen LogP contribution in [-0.4, -0.2) is 28.8 Å². The number of carbonyl (C=O) groups is 3. The number of ketones is 1. The number of rotatable bonds is 16. The van der Waals surface area contributed by atoms with Crippen molar-refractivity contribution in [3.05, 3.63) is 34.9 Å². The molecule has 0 unspecified atom stereocenters. The van der Waals surface area contributed by atoms with E-state index in [1.807, 2.05) is 0 Å². The van der Waals surface area contributed by atoms with E-state index < -0.39 is 40.9 Å². The molecule has 222 valence electrons. The molecular formula is C28H39F6NO4. The van der Waals surface area contributed by atoms with Gasteiger partial charge in [0.25, 0.3) is 0 Å². The maximum absolute atomic E-state index is 13.2. The van der Waals surface area contributed by atoms with Crippen LogP contribution < -0.4 is 5.32 Å². The lowest BCUT2D eigenvalue weighted by Gasteiger charge is -2.19. The van der Waals surface area contributed by atoms with Gasteiger partial charge in [0.05, 0.1) is 11.1 Å². The average Bonchev–Trinajstić information content (AvgIpc) is 2.80. The highest BCUT2D eigenvalue weighted by Gasteiger charge is 2.37. The minimum absolute atomic E-state index is 0.0353. The van der Waals surface area contributed by atoms with Crippen molar-refractivity contribution in [1.82, 2.24) is 5.32 Å². The molecule has 0 aliphatic heterocycles. The molecule has 0 saturated carbocycles. The second kappa shape index (κ2) is 15.3. The Bertz CT molecular complexity index is 951. The number of Topliss-reactive ketones (excluding diaryl/α,β-unsaturated/α-hetero) is 1. The number of benzene rings is 1. The van der Waals surface area contributed by atoms with Crippen LogP contribution in [-0.2, 0) is 33.2 Å². The van der Waals surface area contributed by atoms with Gasteiger partial charge >= 0.3 is 18.3 Å². The van der Waals surface area contributed by atoms with Crippen LogP contribution in [0.5, 0.6) is 0 Å². The number of amides is 1. The Hall–Kier alpha value is -2.59. The molecule has 2 N–H and O–H groups in total. The normalized spacial score (nSPS) is 13.3. The Kier molecular flexibility index (Phi) is 13.5. The first-order valence-corrected chi connectivity index (χ1v) is 13.3. The van der Waals surface area contributed by atoms with Crippen molar-refractivity contribution in [2.75, 3.05) is 0 Å². The van der Waals surface area contributed by atoms with Crippen molar-refractivity contribution >= 4 is 17.7 Å². The van der Waals surface area contributed by atoms with E-state index in [9.17, 15) is 45.8 Å². The van der Waals surface area contributed by atoms with Gasteiger partial charge in [-0.15, -0.1) is 0 Å². The number of aliphatic carboxylic acids is 1. The van der Waals surface area contributed by atoms with Crippen molar-refractivity contribution in [1.29, 1.82) is 0 Å². The minimum Gasteiger partial charge on any atom is -0.480 e. The molecule has 0 radical (unpaired) electrons. The van der Waals surface area contributed by atoms with Gasteiger partial charge in [0, 0.05) is 18.3 Å². The molecule has 0 aliphatic carbocycles. The van der Waals surface area contributed by atoms with Gasteiger partial charge in [-0.25, -0.2) is 4.79 Å². The van der Waals surface area contributed by atoms with Crippen molar-refractivity contribution in [3.63, 3.8) is 0 Å². The van der Waals surface area contributed by atoms with E-state index in [0.29, 0.717) is 25.3 Å². The summed E-state index contributed by atoms with van der Waals surface area (Å²) in [6.07, 6.45) is -3.64. The number of hydrogen-bond acceptors (Lipinski definition) is 3. The van der Waals surface area contributed by atoms with E-state index in [-0.39, 0.29) is 49.0 Å². The van der Waals surface area contributed by atoms with E-state index in [2.05, 4.69) is 5.32 Å². The number of hydrogen-bond donors (Lipinski definition) is 2. The van der Waals surface area contributed by atoms with Crippen molar-refractivity contribution in [3.8, 4) is 0 Å². The van der Waals surface area contributed by atoms with Crippen molar-refractivity contribution < 1.29 is 45.8 Å². The zero-order valence-corrected chi connectivity index (χ0v) is 22.7. The fourth-order valence-corrected chi connectivity index (χ4v) is 4.07. The summed E-state index contributed by atoms with van der Waals surface area (Å²) in [6.45, 7) is 5.25. The summed E-state index contributed by atoms with van der Waals surface area (Å²) < 4.78 is 78.0. The summed E-state index contributed by atoms with van der Waals surface area (Å²) in [7, 11) is 0. The molecule has 1 amide bonds. The van der Waals surface area contributed by atoms with Gasteiger partial charge in [0.2, 0.25) is 5.91 Å². The highest BCUT2D eigenvalue weighted by molar-refractivity contribution is 5.86. The highest BCUT2D eigenvalue weighted by Crippen LogP contribution is 2.37. The Morgan fingerprint density at radius 2 is 1.33 bits per heavy atom. The number of carboxylic acids is 1. The predicted octanol–water partition coefficient (Wildman–Crippen LogP) is 7.74. The first-order chi connectivity index (χ1) is 17.9. The quantitative estimate of drug-likeness (QED) is 0.158. The third kappa shape index (κ3) is 13.4. The van der Waals surface area contributed by atoms with Crippen LogP contribution in [0.3, 0.4) is 0 Å². The Morgan fingerprint density at radius 1 is 0.795 bits per heavy atom. The van der Waals surface area contributed by atoms with Gasteiger partial charge in [-0.2, -0.15) is 26.3 Å². The summed E-state index contributed by atoms with van der Waals surface area (Å²) >= 11 is 0. The van der Waals surface area contributed by atoms with Crippen LogP contribution >= 0.6 is 0 Å². The second-order valence-electron chi connectivity index (χ2n) is 10.9. The van der Waals surface area contributed by atoms with Crippen LogP contribution in [0, 0.1) is 5.41 Å². The summed E-state index contributed by atoms with van der Waals surface area (Å²) in [5.41, 5.74) is -3.27. The minimum atomic E-state index is -4.85. The topological polar surface area (TPSA) is 83.5 Å². The molecule has 0 bridgehead atoms. The van der Waals surface area contributed by atoms with E-state index in [0.717, 1.165) is 38.2 Å². The maximum atomic E-state index is 13.2. The van der Waals surface area contributed by atoms with Gasteiger partial charge in [-0.05, 0) is 43.4 Å². The van der Waals surface area contributed by atoms with E-state index >= 15 is 0 Å². The molecule has 1 atom stereocenters. The van der Waals surface area contributed by atoms with Crippen molar-refractivity contribution in [2.45, 2.75) is 116 Å². The number of alkyl halides is 6. The van der Waals surface area contributed by atoms with E-state index in [1.165, 1.54) is 0 Å². The Labute approximate surface area is 225 Å². The fourth-order valence-electron chi connectivity index (χ4n) is 4.07. The molecule has 1 rings (SSSR count). The number of carbonyl (C=O) groups excluding carboxylic acids is 2.